The fourth-order valence-electron chi connectivity index (χ4n) is 11.2. The van der Waals surface area contributed by atoms with Crippen molar-refractivity contribution in [2.45, 2.75) is 259 Å². The van der Waals surface area contributed by atoms with Gasteiger partial charge in [0.2, 0.25) is 0 Å². The van der Waals surface area contributed by atoms with Crippen LogP contribution in [0, 0.1) is 0 Å². The van der Waals surface area contributed by atoms with Crippen LogP contribution in [0.1, 0.15) is 13.8 Å². The zero-order valence-electron chi connectivity index (χ0n) is 46.2. The number of rotatable bonds is 21. The molecule has 40 atom stereocenters. The van der Waals surface area contributed by atoms with Gasteiger partial charge in [-0.25, -0.2) is 0 Å². The first-order valence-corrected chi connectivity index (χ1v) is 27.9. The van der Waals surface area contributed by atoms with E-state index < -0.39 is 285 Å². The minimum atomic E-state index is -2.38. The van der Waals surface area contributed by atoms with Crippen LogP contribution in [0.3, 0.4) is 0 Å². The molecule has 0 aromatic carbocycles. The van der Waals surface area contributed by atoms with Gasteiger partial charge in [0.1, 0.15) is 183 Å². The van der Waals surface area contributed by atoms with Crippen LogP contribution in [-0.4, -0.2) is 408 Å². The lowest BCUT2D eigenvalue weighted by atomic mass is 9.95. The van der Waals surface area contributed by atoms with E-state index in [-0.39, 0.29) is 0 Å². The van der Waals surface area contributed by atoms with Gasteiger partial charge in [0.15, 0.2) is 50.3 Å². The summed E-state index contributed by atoms with van der Waals surface area (Å²) < 4.78 is 85.5. The molecule has 0 bridgehead atoms. The second kappa shape index (κ2) is 30.2. The molecule has 508 valence electrons. The Morgan fingerprint density at radius 2 is 0.632 bits per heavy atom. The van der Waals surface area contributed by atoms with Crippen molar-refractivity contribution in [3.63, 3.8) is 0 Å². The Kier molecular flexibility index (Phi) is 24.8. The summed E-state index contributed by atoms with van der Waals surface area (Å²) in [6, 6.07) is 0. The van der Waals surface area contributed by atoms with Crippen molar-refractivity contribution < 1.29 is 194 Å². The molecular weight excluding hydrogens is 1200 g/mol. The lowest BCUT2D eigenvalue weighted by Gasteiger charge is -2.50. The molecular formula is C48H82O39. The van der Waals surface area contributed by atoms with Gasteiger partial charge in [-0.2, -0.15) is 0 Å². The van der Waals surface area contributed by atoms with Crippen molar-refractivity contribution in [2.75, 3.05) is 39.6 Å². The summed E-state index contributed by atoms with van der Waals surface area (Å²) in [6.45, 7) is -3.31. The molecule has 0 amide bonds. The molecule has 8 rings (SSSR count). The van der Waals surface area contributed by atoms with Crippen LogP contribution in [0.25, 0.3) is 0 Å². The second-order valence-electron chi connectivity index (χ2n) is 22.4. The minimum absolute atomic E-state index is 0.907. The molecule has 0 aliphatic carbocycles. The van der Waals surface area contributed by atoms with E-state index in [9.17, 15) is 123 Å². The van der Waals surface area contributed by atoms with Crippen LogP contribution < -0.4 is 0 Å². The number of ether oxygens (including phenoxy) is 15. The predicted molar refractivity (Wildman–Crippen MR) is 262 cm³/mol. The standard InChI is InChI=1S/C48H82O39/c1-9-17(55)25(63)39(47(75-9)87-40-26(64)20(58)13(5-51)79-48(40)85-36-21(59)14(6-52)76-41(72)30(36)68)86-44-31(69)35(18(56)10(2)74-44)82-46-33(71)38(23(61)16(80-46)8-73-42-29(67)27(65)34(81-42)11(54)3-49)84-45-32(70)37(22(60)15(7-53)78-45)83-43-28(66)24(62)19(57)12(4-50)77-43/h9-72H,3-8H2,1-2H3/t9-,10-,11+,12+,13+,14+,15+,16+,17-,18-,19-,20-,21-,22-,23-,24-,25+,26-,27+,28+,29+,30+,31+,32+,33+,34-,35+,36-,37-,38-,39+,40+,41+,42+,43+,44-,45-,46+,47-,48+/m0/s1. The number of hydrogen-bond donors (Lipinski definition) is 24. The van der Waals surface area contributed by atoms with Gasteiger partial charge in [-0.05, 0) is 13.8 Å². The largest absolute Gasteiger partial charge is 0.394 e. The number of aliphatic hydroxyl groups excluding tert-OH is 24. The Labute approximate surface area is 492 Å². The summed E-state index contributed by atoms with van der Waals surface area (Å²) in [4.78, 5) is 0. The summed E-state index contributed by atoms with van der Waals surface area (Å²) in [6.07, 6.45) is -78.8. The summed E-state index contributed by atoms with van der Waals surface area (Å²) in [7, 11) is 0. The van der Waals surface area contributed by atoms with Gasteiger partial charge in [-0.15, -0.1) is 0 Å². The Bertz CT molecular complexity index is 2100. The first-order chi connectivity index (χ1) is 41.1. The molecule has 0 aromatic heterocycles. The lowest BCUT2D eigenvalue weighted by molar-refractivity contribution is -0.407. The SMILES string of the molecule is C[C@@H]1O[C@@H](O[C@H]2[C@@H](O[C@@H]3[C@@H](O)[C@H](O)O[C@H](CO)[C@@H]3O)O[C@H](CO)[C@H](O)[C@@H]2O)[C@H](O[C@@H]2O[C@@H](C)[C@H](O)[C@@H](O[C@H]3O[C@H](CO[C@@H]4O[C@@H]([C@H](O)CO)[C@H](O)[C@H]4O)[C@H](O)[C@H](O[C@@H]4O[C@H](CO)[C@H](O)[C@H](O[C@H]5O[C@H](CO)[C@H](O)[C@H](O)[C@H]5O)[C@H]4O)[C@H]3O)[C@H]2O)[C@H](O)[C@H]1O. The topological polar surface area (TPSA) is 624 Å². The highest BCUT2D eigenvalue weighted by Crippen LogP contribution is 2.39. The van der Waals surface area contributed by atoms with Gasteiger partial charge in [0, 0.05) is 0 Å². The highest BCUT2D eigenvalue weighted by atomic mass is 16.8. The summed E-state index contributed by atoms with van der Waals surface area (Å²) in [5.41, 5.74) is 0. The van der Waals surface area contributed by atoms with Crippen molar-refractivity contribution in [1.82, 2.24) is 0 Å². The number of aliphatic hydroxyl groups is 24. The Morgan fingerprint density at radius 1 is 0.287 bits per heavy atom. The highest BCUT2D eigenvalue weighted by Gasteiger charge is 2.59. The quantitative estimate of drug-likeness (QED) is 0.0507. The molecule has 8 aliphatic rings. The predicted octanol–water partition coefficient (Wildman–Crippen LogP) is -16.4. The minimum Gasteiger partial charge on any atom is -0.394 e. The van der Waals surface area contributed by atoms with E-state index in [2.05, 4.69) is 0 Å². The van der Waals surface area contributed by atoms with Gasteiger partial charge in [-0.1, -0.05) is 0 Å². The van der Waals surface area contributed by atoms with Crippen LogP contribution in [0.2, 0.25) is 0 Å². The molecule has 39 heteroatoms. The van der Waals surface area contributed by atoms with Gasteiger partial charge >= 0.3 is 0 Å². The van der Waals surface area contributed by atoms with Gasteiger partial charge < -0.3 is 194 Å². The van der Waals surface area contributed by atoms with E-state index >= 15 is 0 Å². The van der Waals surface area contributed by atoms with Crippen molar-refractivity contribution in [3.05, 3.63) is 0 Å². The third kappa shape index (κ3) is 14.7. The van der Waals surface area contributed by atoms with Crippen LogP contribution in [0.5, 0.6) is 0 Å². The molecule has 8 aliphatic heterocycles. The molecule has 24 N–H and O–H groups in total. The van der Waals surface area contributed by atoms with E-state index in [1.807, 2.05) is 0 Å². The van der Waals surface area contributed by atoms with Crippen molar-refractivity contribution in [3.8, 4) is 0 Å². The Balaban J connectivity index is 1.05. The van der Waals surface area contributed by atoms with E-state index in [1.165, 1.54) is 13.8 Å². The highest BCUT2D eigenvalue weighted by molar-refractivity contribution is 5.01. The van der Waals surface area contributed by atoms with E-state index in [1.54, 1.807) is 0 Å². The molecule has 0 unspecified atom stereocenters. The first-order valence-electron chi connectivity index (χ1n) is 27.9. The van der Waals surface area contributed by atoms with Crippen molar-refractivity contribution in [2.24, 2.45) is 0 Å². The summed E-state index contributed by atoms with van der Waals surface area (Å²) in [5.74, 6) is 0. The molecule has 0 radical (unpaired) electrons. The normalized spacial score (nSPS) is 53.9. The van der Waals surface area contributed by atoms with E-state index in [0.29, 0.717) is 0 Å². The average Bonchev–Trinajstić information content (AvgIpc) is 2.26. The number of hydrogen-bond acceptors (Lipinski definition) is 39. The third-order valence-electron chi connectivity index (χ3n) is 16.5. The third-order valence-corrected chi connectivity index (χ3v) is 16.5. The molecule has 0 saturated carbocycles. The second-order valence-corrected chi connectivity index (χ2v) is 22.4. The zero-order valence-corrected chi connectivity index (χ0v) is 46.2. The van der Waals surface area contributed by atoms with Crippen LogP contribution in [0.15, 0.2) is 0 Å². The Hall–Kier alpha value is -1.56. The molecule has 0 spiro atoms. The monoisotopic (exact) mass is 1280 g/mol. The molecule has 8 fully saturated rings. The van der Waals surface area contributed by atoms with Crippen molar-refractivity contribution in [1.29, 1.82) is 0 Å². The average molecular weight is 1280 g/mol. The van der Waals surface area contributed by atoms with Gasteiger partial charge in [-0.3, -0.25) is 0 Å². The smallest absolute Gasteiger partial charge is 0.187 e. The fraction of sp³-hybridized carbons (Fsp3) is 1.00. The summed E-state index contributed by atoms with van der Waals surface area (Å²) >= 11 is 0. The Morgan fingerprint density at radius 3 is 1.16 bits per heavy atom. The maximum atomic E-state index is 12.0. The van der Waals surface area contributed by atoms with Crippen molar-refractivity contribution >= 4 is 0 Å². The van der Waals surface area contributed by atoms with Crippen LogP contribution in [-0.2, 0) is 71.1 Å². The van der Waals surface area contributed by atoms with Crippen LogP contribution >= 0.6 is 0 Å². The van der Waals surface area contributed by atoms with Gasteiger partial charge in [0.25, 0.3) is 0 Å². The zero-order chi connectivity index (χ0) is 63.9. The molecule has 8 saturated heterocycles. The molecule has 0 aromatic rings. The van der Waals surface area contributed by atoms with E-state index in [0.717, 1.165) is 0 Å². The van der Waals surface area contributed by atoms with Gasteiger partial charge in [0.05, 0.1) is 51.8 Å². The lowest BCUT2D eigenvalue weighted by Crippen LogP contribution is -2.68. The maximum absolute atomic E-state index is 12.0. The molecule has 87 heavy (non-hydrogen) atoms. The molecule has 8 heterocycles. The fourth-order valence-corrected chi connectivity index (χ4v) is 11.2. The maximum Gasteiger partial charge on any atom is 0.187 e. The molecule has 39 nitrogen and oxygen atoms in total. The summed E-state index contributed by atoms with van der Waals surface area (Å²) in [5, 5.41) is 259. The van der Waals surface area contributed by atoms with Crippen LogP contribution in [0.4, 0.5) is 0 Å². The van der Waals surface area contributed by atoms with E-state index in [4.69, 9.17) is 71.1 Å². The first kappa shape index (κ1) is 71.3.